The lowest BCUT2D eigenvalue weighted by molar-refractivity contribution is -0.167. The molecular formula is C13H8N2O5. The molecule has 0 bridgehead atoms. The fourth-order valence-electron chi connectivity index (χ4n) is 1.86. The fraction of sp³-hybridized carbons (Fsp3) is 0.0769. The molecule has 0 N–H and O–H groups in total. The van der Waals surface area contributed by atoms with Gasteiger partial charge < -0.3 is 9.36 Å². The van der Waals surface area contributed by atoms with Gasteiger partial charge in [-0.25, -0.2) is 4.79 Å². The van der Waals surface area contributed by atoms with E-state index in [1.54, 1.807) is 12.1 Å². The molecule has 100 valence electrons. The van der Waals surface area contributed by atoms with E-state index >= 15 is 0 Å². The second-order valence-electron chi connectivity index (χ2n) is 4.12. The number of hydroxylamine groups is 2. The lowest BCUT2D eigenvalue weighted by Gasteiger charge is -2.11. The molecule has 0 radical (unpaired) electrons. The summed E-state index contributed by atoms with van der Waals surface area (Å²) < 4.78 is 4.57. The maximum absolute atomic E-state index is 11.9. The molecule has 3 rings (SSSR count). The Labute approximate surface area is 112 Å². The lowest BCUT2D eigenvalue weighted by Crippen LogP contribution is -2.33. The van der Waals surface area contributed by atoms with Gasteiger partial charge in [0.1, 0.15) is 6.26 Å². The number of aromatic nitrogens is 1. The van der Waals surface area contributed by atoms with E-state index in [0.29, 0.717) is 10.6 Å². The Hall–Kier alpha value is -2.96. The Balaban J connectivity index is 1.75. The molecule has 7 heteroatoms. The van der Waals surface area contributed by atoms with Crippen LogP contribution in [0.1, 0.15) is 26.3 Å². The molecule has 1 aliphatic rings. The van der Waals surface area contributed by atoms with Crippen LogP contribution in [0.15, 0.2) is 41.2 Å². The molecule has 0 unspecified atom stereocenters. The van der Waals surface area contributed by atoms with Gasteiger partial charge in [-0.3, -0.25) is 9.59 Å². The smallest absolute Gasteiger partial charge is 0.337 e. The maximum atomic E-state index is 11.9. The zero-order chi connectivity index (χ0) is 14.1. The number of hydrogen-bond acceptors (Lipinski definition) is 6. The van der Waals surface area contributed by atoms with Gasteiger partial charge in [-0.05, 0) is 12.1 Å². The van der Waals surface area contributed by atoms with E-state index in [-0.39, 0.29) is 17.5 Å². The normalized spacial score (nSPS) is 13.5. The minimum absolute atomic E-state index is 0.142. The van der Waals surface area contributed by atoms with Crippen molar-refractivity contribution in [1.29, 1.82) is 0 Å². The van der Waals surface area contributed by atoms with Gasteiger partial charge >= 0.3 is 5.97 Å². The topological polar surface area (TPSA) is 89.7 Å². The molecule has 0 spiro atoms. The van der Waals surface area contributed by atoms with Crippen LogP contribution in [0.4, 0.5) is 0 Å². The van der Waals surface area contributed by atoms with Gasteiger partial charge in [0.2, 0.25) is 0 Å². The highest BCUT2D eigenvalue weighted by molar-refractivity contribution is 6.20. The van der Waals surface area contributed by atoms with E-state index < -0.39 is 17.8 Å². The number of carbonyl (C=O) groups excluding carboxylic acids is 3. The highest BCUT2D eigenvalue weighted by Crippen LogP contribution is 2.22. The quantitative estimate of drug-likeness (QED) is 0.773. The zero-order valence-corrected chi connectivity index (χ0v) is 10.1. The first-order chi connectivity index (χ1) is 9.66. The van der Waals surface area contributed by atoms with E-state index in [2.05, 4.69) is 9.68 Å². The third-order valence-corrected chi connectivity index (χ3v) is 2.78. The van der Waals surface area contributed by atoms with Gasteiger partial charge in [0.15, 0.2) is 0 Å². The predicted octanol–water partition coefficient (Wildman–Crippen LogP) is 0.972. The van der Waals surface area contributed by atoms with Crippen molar-refractivity contribution in [2.45, 2.75) is 6.42 Å². The number of imide groups is 1. The van der Waals surface area contributed by atoms with Crippen LogP contribution in [-0.2, 0) is 16.1 Å². The number of nitrogens with zero attached hydrogens (tertiary/aromatic N) is 2. The van der Waals surface area contributed by atoms with Crippen molar-refractivity contribution < 1.29 is 23.7 Å². The van der Waals surface area contributed by atoms with Crippen molar-refractivity contribution in [3.63, 3.8) is 0 Å². The van der Waals surface area contributed by atoms with Crippen LogP contribution in [0, 0.1) is 0 Å². The van der Waals surface area contributed by atoms with Gasteiger partial charge in [0, 0.05) is 5.56 Å². The minimum atomic E-state index is -0.747. The summed E-state index contributed by atoms with van der Waals surface area (Å²) in [6.07, 6.45) is 2.49. The van der Waals surface area contributed by atoms with E-state index in [0.717, 1.165) is 0 Å². The van der Waals surface area contributed by atoms with E-state index in [1.165, 1.54) is 24.6 Å². The van der Waals surface area contributed by atoms with Crippen LogP contribution < -0.4 is 0 Å². The summed E-state index contributed by atoms with van der Waals surface area (Å²) in [4.78, 5) is 40.4. The first kappa shape index (κ1) is 12.1. The summed E-state index contributed by atoms with van der Waals surface area (Å²) in [5, 5.41) is 3.91. The second-order valence-corrected chi connectivity index (χ2v) is 4.12. The molecule has 0 fully saturated rings. The summed E-state index contributed by atoms with van der Waals surface area (Å²) in [5.41, 5.74) is 0.928. The monoisotopic (exact) mass is 272 g/mol. The predicted molar refractivity (Wildman–Crippen MR) is 63.2 cm³/mol. The Morgan fingerprint density at radius 3 is 2.40 bits per heavy atom. The van der Waals surface area contributed by atoms with E-state index in [4.69, 9.17) is 4.84 Å². The summed E-state index contributed by atoms with van der Waals surface area (Å²) >= 11 is 0. The summed E-state index contributed by atoms with van der Waals surface area (Å²) in [6.45, 7) is 0. The largest absolute Gasteiger partial charge is 0.364 e. The fourth-order valence-corrected chi connectivity index (χ4v) is 1.86. The van der Waals surface area contributed by atoms with Crippen LogP contribution in [-0.4, -0.2) is 28.0 Å². The van der Waals surface area contributed by atoms with Crippen molar-refractivity contribution >= 4 is 17.8 Å². The molecule has 0 atom stereocenters. The average Bonchev–Trinajstić information content (AvgIpc) is 3.03. The van der Waals surface area contributed by atoms with Crippen LogP contribution >= 0.6 is 0 Å². The molecule has 0 saturated heterocycles. The SMILES string of the molecule is O=C(Cc1cnoc1)ON1C(=O)c2ccccc2C1=O. The maximum Gasteiger partial charge on any atom is 0.337 e. The van der Waals surface area contributed by atoms with Crippen LogP contribution in [0.2, 0.25) is 0 Å². The molecular weight excluding hydrogens is 264 g/mol. The number of rotatable bonds is 3. The number of amides is 2. The third-order valence-electron chi connectivity index (χ3n) is 2.78. The first-order valence-corrected chi connectivity index (χ1v) is 5.73. The van der Waals surface area contributed by atoms with Crippen molar-refractivity contribution in [3.8, 4) is 0 Å². The number of benzene rings is 1. The summed E-state index contributed by atoms with van der Waals surface area (Å²) in [5.74, 6) is -2.05. The van der Waals surface area contributed by atoms with Crippen LogP contribution in [0.3, 0.4) is 0 Å². The molecule has 2 heterocycles. The molecule has 0 saturated carbocycles. The Morgan fingerprint density at radius 1 is 1.20 bits per heavy atom. The van der Waals surface area contributed by atoms with Crippen molar-refractivity contribution in [3.05, 3.63) is 53.4 Å². The Kier molecular flexibility index (Phi) is 2.79. The molecule has 20 heavy (non-hydrogen) atoms. The van der Waals surface area contributed by atoms with E-state index in [1.807, 2.05) is 0 Å². The molecule has 2 amide bonds. The number of fused-ring (bicyclic) bond motifs is 1. The van der Waals surface area contributed by atoms with Crippen molar-refractivity contribution in [2.24, 2.45) is 0 Å². The standard InChI is InChI=1S/C13H8N2O5/c16-11(5-8-6-14-19-7-8)20-15-12(17)9-3-1-2-4-10(9)13(15)18/h1-4,6-7H,5H2. The number of carbonyl (C=O) groups is 3. The van der Waals surface area contributed by atoms with Gasteiger partial charge in [-0.1, -0.05) is 22.4 Å². The number of hydrogen-bond donors (Lipinski definition) is 0. The molecule has 2 aromatic rings. The van der Waals surface area contributed by atoms with Gasteiger partial charge in [-0.2, -0.15) is 0 Å². The van der Waals surface area contributed by atoms with Crippen LogP contribution in [0.25, 0.3) is 0 Å². The van der Waals surface area contributed by atoms with Crippen molar-refractivity contribution in [1.82, 2.24) is 10.2 Å². The van der Waals surface area contributed by atoms with Gasteiger partial charge in [0.05, 0.1) is 23.7 Å². The highest BCUT2D eigenvalue weighted by atomic mass is 16.7. The highest BCUT2D eigenvalue weighted by Gasteiger charge is 2.38. The third kappa shape index (κ3) is 1.95. The lowest BCUT2D eigenvalue weighted by atomic mass is 10.1. The molecule has 1 aliphatic heterocycles. The molecule has 7 nitrogen and oxygen atoms in total. The summed E-state index contributed by atoms with van der Waals surface area (Å²) in [6, 6.07) is 6.27. The Morgan fingerprint density at radius 2 is 1.85 bits per heavy atom. The molecule has 1 aromatic carbocycles. The summed E-state index contributed by atoms with van der Waals surface area (Å²) in [7, 11) is 0. The van der Waals surface area contributed by atoms with Crippen LogP contribution in [0.5, 0.6) is 0 Å². The van der Waals surface area contributed by atoms with Gasteiger partial charge in [-0.15, -0.1) is 0 Å². The zero-order valence-electron chi connectivity index (χ0n) is 10.1. The average molecular weight is 272 g/mol. The van der Waals surface area contributed by atoms with E-state index in [9.17, 15) is 14.4 Å². The van der Waals surface area contributed by atoms with Crippen molar-refractivity contribution in [2.75, 3.05) is 0 Å². The first-order valence-electron chi connectivity index (χ1n) is 5.73. The molecule has 1 aromatic heterocycles. The Bertz CT molecular complexity index is 658. The van der Waals surface area contributed by atoms with Gasteiger partial charge in [0.25, 0.3) is 11.8 Å². The minimum Gasteiger partial charge on any atom is -0.364 e. The second kappa shape index (κ2) is 4.61. The molecule has 0 aliphatic carbocycles.